The number of rotatable bonds is 3. The molecule has 1 heteroatoms. The van der Waals surface area contributed by atoms with E-state index in [4.69, 9.17) is 0 Å². The van der Waals surface area contributed by atoms with Crippen molar-refractivity contribution in [3.05, 3.63) is 84.5 Å². The lowest BCUT2D eigenvalue weighted by Gasteiger charge is -2.31. The normalized spacial score (nSPS) is 18.1. The van der Waals surface area contributed by atoms with E-state index in [0.717, 1.165) is 0 Å². The molecule has 0 aliphatic heterocycles. The van der Waals surface area contributed by atoms with Crippen molar-refractivity contribution in [3.63, 3.8) is 0 Å². The molecule has 0 bridgehead atoms. The largest absolute Gasteiger partial charge is 0.0919 e. The molecule has 1 unspecified atom stereocenters. The molecule has 2 aromatic rings. The summed E-state index contributed by atoms with van der Waals surface area (Å²) >= 11 is 0. The molecule has 0 spiro atoms. The van der Waals surface area contributed by atoms with Gasteiger partial charge in [-0.1, -0.05) is 97.2 Å². The average molecular weight is 276 g/mol. The second kappa shape index (κ2) is 5.26. The Morgan fingerprint density at radius 3 is 2.05 bits per heavy atom. The Kier molecular flexibility index (Phi) is 3.45. The van der Waals surface area contributed by atoms with Gasteiger partial charge in [-0.15, -0.1) is 0 Å². The van der Waals surface area contributed by atoms with Crippen LogP contribution in [0.1, 0.15) is 5.56 Å². The van der Waals surface area contributed by atoms with Crippen LogP contribution >= 0.6 is 0 Å². The fraction of sp³-hybridized carbons (Fsp3) is 0.158. The Hall–Kier alpha value is -1.86. The first kappa shape index (κ1) is 13.1. The number of benzene rings is 2. The quantitative estimate of drug-likeness (QED) is 0.717. The summed E-state index contributed by atoms with van der Waals surface area (Å²) < 4.78 is 0. The summed E-state index contributed by atoms with van der Waals surface area (Å²) in [6.45, 7) is 4.94. The first-order valence-electron chi connectivity index (χ1n) is 7.19. The molecule has 0 N–H and O–H groups in total. The zero-order chi connectivity index (χ0) is 14.0. The molecule has 0 amide bonds. The Morgan fingerprint density at radius 2 is 1.40 bits per heavy atom. The lowest BCUT2D eigenvalue weighted by molar-refractivity contribution is 1.32. The highest BCUT2D eigenvalue weighted by Gasteiger charge is 2.35. The summed E-state index contributed by atoms with van der Waals surface area (Å²) in [5, 5.41) is 1.53. The van der Waals surface area contributed by atoms with Gasteiger partial charge < -0.3 is 0 Å². The van der Waals surface area contributed by atoms with E-state index in [1.54, 1.807) is 0 Å². The molecule has 0 fully saturated rings. The highest BCUT2D eigenvalue weighted by atomic mass is 28.3. The minimum absolute atomic E-state index is 0.562. The summed E-state index contributed by atoms with van der Waals surface area (Å²) in [6.07, 6.45) is 6.91. The van der Waals surface area contributed by atoms with Crippen molar-refractivity contribution in [1.29, 1.82) is 0 Å². The molecule has 2 aromatic carbocycles. The lowest BCUT2D eigenvalue weighted by Crippen LogP contribution is -2.45. The van der Waals surface area contributed by atoms with Crippen molar-refractivity contribution >= 4 is 18.8 Å². The van der Waals surface area contributed by atoms with Crippen molar-refractivity contribution in [3.8, 4) is 0 Å². The molecule has 0 radical (unpaired) electrons. The zero-order valence-electron chi connectivity index (χ0n) is 12.1. The monoisotopic (exact) mass is 276 g/mol. The summed E-state index contributed by atoms with van der Waals surface area (Å²) in [7, 11) is -1.55. The lowest BCUT2D eigenvalue weighted by atomic mass is 10.1. The van der Waals surface area contributed by atoms with Gasteiger partial charge in [0.2, 0.25) is 0 Å². The minimum Gasteiger partial charge on any atom is -0.0793 e. The van der Waals surface area contributed by atoms with Crippen molar-refractivity contribution < 1.29 is 0 Å². The van der Waals surface area contributed by atoms with Gasteiger partial charge >= 0.3 is 0 Å². The van der Waals surface area contributed by atoms with Crippen LogP contribution in [-0.2, 0) is 0 Å². The van der Waals surface area contributed by atoms with E-state index in [0.29, 0.717) is 5.54 Å². The van der Waals surface area contributed by atoms with E-state index in [-0.39, 0.29) is 0 Å². The van der Waals surface area contributed by atoms with E-state index >= 15 is 0 Å². The third-order valence-electron chi connectivity index (χ3n) is 4.32. The maximum atomic E-state index is 2.47. The Bertz CT molecular complexity index is 636. The third-order valence-corrected chi connectivity index (χ3v) is 8.20. The van der Waals surface area contributed by atoms with Gasteiger partial charge in [0.05, 0.1) is 8.07 Å². The maximum absolute atomic E-state index is 2.47. The van der Waals surface area contributed by atoms with Crippen LogP contribution in [0.5, 0.6) is 0 Å². The summed E-state index contributed by atoms with van der Waals surface area (Å²) in [6, 6.07) is 21.8. The van der Waals surface area contributed by atoms with Gasteiger partial charge in [-0.2, -0.15) is 0 Å². The van der Waals surface area contributed by atoms with E-state index in [9.17, 15) is 0 Å². The van der Waals surface area contributed by atoms with E-state index < -0.39 is 8.07 Å². The van der Waals surface area contributed by atoms with Crippen molar-refractivity contribution in [2.45, 2.75) is 18.6 Å². The molecule has 0 saturated carbocycles. The predicted octanol–water partition coefficient (Wildman–Crippen LogP) is 4.63. The van der Waals surface area contributed by atoms with Crippen LogP contribution in [0.15, 0.2) is 78.9 Å². The first-order chi connectivity index (χ1) is 9.69. The van der Waals surface area contributed by atoms with Gasteiger partial charge in [-0.3, -0.25) is 0 Å². The summed E-state index contributed by atoms with van der Waals surface area (Å²) in [4.78, 5) is 0. The molecule has 1 atom stereocenters. The zero-order valence-corrected chi connectivity index (χ0v) is 13.1. The van der Waals surface area contributed by atoms with E-state index in [2.05, 4.69) is 92.0 Å². The molecular formula is C19H20Si. The summed E-state index contributed by atoms with van der Waals surface area (Å²) in [5.41, 5.74) is 3.40. The highest BCUT2D eigenvalue weighted by molar-refractivity contribution is 6.92. The van der Waals surface area contributed by atoms with E-state index in [1.165, 1.54) is 16.3 Å². The second-order valence-electron chi connectivity index (χ2n) is 5.94. The molecule has 0 saturated heterocycles. The van der Waals surface area contributed by atoms with Gasteiger partial charge in [0.1, 0.15) is 0 Å². The van der Waals surface area contributed by atoms with Crippen LogP contribution in [0, 0.1) is 0 Å². The fourth-order valence-electron chi connectivity index (χ4n) is 3.06. The van der Waals surface area contributed by atoms with E-state index in [1.807, 2.05) is 0 Å². The first-order valence-corrected chi connectivity index (χ1v) is 10.3. The third kappa shape index (κ3) is 2.30. The van der Waals surface area contributed by atoms with Crippen molar-refractivity contribution in [1.82, 2.24) is 0 Å². The molecule has 100 valence electrons. The average Bonchev–Trinajstić information content (AvgIpc) is 2.99. The van der Waals surface area contributed by atoms with Gasteiger partial charge in [-0.05, 0) is 11.1 Å². The smallest absolute Gasteiger partial charge is 0.0793 e. The van der Waals surface area contributed by atoms with Crippen molar-refractivity contribution in [2.24, 2.45) is 0 Å². The van der Waals surface area contributed by atoms with Crippen molar-refractivity contribution in [2.75, 3.05) is 0 Å². The Balaban J connectivity index is 1.98. The molecule has 3 rings (SSSR count). The number of hydrogen-bond donors (Lipinski definition) is 0. The maximum Gasteiger partial charge on any atom is 0.0919 e. The Morgan fingerprint density at radius 1 is 0.800 bits per heavy atom. The predicted molar refractivity (Wildman–Crippen MR) is 90.9 cm³/mol. The standard InChI is InChI=1S/C19H20Si/c1-20(2,17-12-7-4-8-13-17)19-15-9-14-18(19)16-10-5-3-6-11-16/h3-15,19H,1-2H3. The Labute approximate surface area is 122 Å². The van der Waals surface area contributed by atoms with Gasteiger partial charge in [0, 0.05) is 5.54 Å². The molecule has 0 aromatic heterocycles. The van der Waals surface area contributed by atoms with Crippen LogP contribution in [0.3, 0.4) is 0 Å². The minimum atomic E-state index is -1.55. The highest BCUT2D eigenvalue weighted by Crippen LogP contribution is 2.40. The summed E-state index contributed by atoms with van der Waals surface area (Å²) in [5.74, 6) is 0. The SMILES string of the molecule is C[Si](C)(c1ccccc1)C1C=CC=C1c1ccccc1. The van der Waals surface area contributed by atoms with Crippen LogP contribution in [0.2, 0.25) is 18.6 Å². The molecule has 1 aliphatic carbocycles. The van der Waals surface area contributed by atoms with Crippen LogP contribution in [0.25, 0.3) is 5.57 Å². The van der Waals surface area contributed by atoms with Crippen LogP contribution in [0.4, 0.5) is 0 Å². The van der Waals surface area contributed by atoms with Crippen LogP contribution < -0.4 is 5.19 Å². The molecule has 1 aliphatic rings. The second-order valence-corrected chi connectivity index (χ2v) is 10.6. The molecular weight excluding hydrogens is 256 g/mol. The fourth-order valence-corrected chi connectivity index (χ4v) is 6.10. The van der Waals surface area contributed by atoms with Gasteiger partial charge in [0.25, 0.3) is 0 Å². The van der Waals surface area contributed by atoms with Crippen LogP contribution in [-0.4, -0.2) is 8.07 Å². The topological polar surface area (TPSA) is 0 Å². The molecule has 20 heavy (non-hydrogen) atoms. The number of allylic oxidation sites excluding steroid dienone is 4. The molecule has 0 nitrogen and oxygen atoms in total. The van der Waals surface area contributed by atoms with Gasteiger partial charge in [-0.25, -0.2) is 0 Å². The molecule has 0 heterocycles. The van der Waals surface area contributed by atoms with Gasteiger partial charge in [0.15, 0.2) is 0 Å². The number of hydrogen-bond acceptors (Lipinski definition) is 0.